The van der Waals surface area contributed by atoms with Gasteiger partial charge in [-0.3, -0.25) is 25.8 Å². The van der Waals surface area contributed by atoms with Crippen LogP contribution in [-0.4, -0.2) is 30.1 Å². The van der Waals surface area contributed by atoms with Crippen molar-refractivity contribution in [2.75, 3.05) is 13.2 Å². The quantitative estimate of drug-likeness (QED) is 0.408. The molecule has 31 heavy (non-hydrogen) atoms. The maximum absolute atomic E-state index is 12.5. The standard InChI is InChI=1S/C22H26ClN3O4S/c1-14(2)10-11-29-19-7-5-4-6-17(19)21(28)24-22(31)26-25-20(27)13-30-16-8-9-18(23)15(3)12-16/h4-9,12,14H,10-11,13H2,1-3H3,(H,25,27)(H2,24,26,28,31). The largest absolute Gasteiger partial charge is 0.493 e. The maximum Gasteiger partial charge on any atom is 0.276 e. The van der Waals surface area contributed by atoms with E-state index in [2.05, 4.69) is 30.0 Å². The lowest BCUT2D eigenvalue weighted by Crippen LogP contribution is -2.49. The minimum atomic E-state index is -0.471. The summed E-state index contributed by atoms with van der Waals surface area (Å²) in [5.74, 6) is 0.566. The van der Waals surface area contributed by atoms with Crippen molar-refractivity contribution in [2.24, 2.45) is 5.92 Å². The zero-order chi connectivity index (χ0) is 22.8. The monoisotopic (exact) mass is 463 g/mol. The number of benzene rings is 2. The highest BCUT2D eigenvalue weighted by molar-refractivity contribution is 7.80. The van der Waals surface area contributed by atoms with Gasteiger partial charge in [0.15, 0.2) is 11.7 Å². The first kappa shape index (κ1) is 24.4. The van der Waals surface area contributed by atoms with Gasteiger partial charge in [-0.2, -0.15) is 0 Å². The van der Waals surface area contributed by atoms with E-state index in [4.69, 9.17) is 33.3 Å². The number of halogens is 1. The van der Waals surface area contributed by atoms with Crippen LogP contribution >= 0.6 is 23.8 Å². The fraction of sp³-hybridized carbons (Fsp3) is 0.318. The van der Waals surface area contributed by atoms with E-state index in [9.17, 15) is 9.59 Å². The van der Waals surface area contributed by atoms with E-state index < -0.39 is 11.8 Å². The van der Waals surface area contributed by atoms with Gasteiger partial charge in [-0.1, -0.05) is 37.6 Å². The molecular formula is C22H26ClN3O4S. The topological polar surface area (TPSA) is 88.7 Å². The average molecular weight is 464 g/mol. The van der Waals surface area contributed by atoms with E-state index in [1.54, 1.807) is 42.5 Å². The fourth-order valence-corrected chi connectivity index (χ4v) is 2.67. The van der Waals surface area contributed by atoms with Crippen LogP contribution in [0.5, 0.6) is 11.5 Å². The molecule has 0 heterocycles. The number of ether oxygens (including phenoxy) is 2. The SMILES string of the molecule is Cc1cc(OCC(=O)NNC(=S)NC(=O)c2ccccc2OCCC(C)C)ccc1Cl. The minimum absolute atomic E-state index is 0.0577. The molecular weight excluding hydrogens is 438 g/mol. The Morgan fingerprint density at radius 2 is 1.84 bits per heavy atom. The number of hydrazine groups is 1. The molecule has 2 rings (SSSR count). The van der Waals surface area contributed by atoms with Crippen LogP contribution in [0.25, 0.3) is 0 Å². The predicted molar refractivity (Wildman–Crippen MR) is 124 cm³/mol. The van der Waals surface area contributed by atoms with Crippen molar-refractivity contribution in [3.63, 3.8) is 0 Å². The number of para-hydroxylation sites is 1. The second-order valence-corrected chi connectivity index (χ2v) is 8.00. The van der Waals surface area contributed by atoms with Crippen molar-refractivity contribution in [1.29, 1.82) is 0 Å². The summed E-state index contributed by atoms with van der Waals surface area (Å²) in [6.07, 6.45) is 0.875. The van der Waals surface area contributed by atoms with Crippen LogP contribution < -0.4 is 25.6 Å². The van der Waals surface area contributed by atoms with Crippen LogP contribution in [0.4, 0.5) is 0 Å². The van der Waals surface area contributed by atoms with Crippen molar-refractivity contribution >= 4 is 40.7 Å². The van der Waals surface area contributed by atoms with Gasteiger partial charge in [0, 0.05) is 5.02 Å². The molecule has 9 heteroatoms. The molecule has 0 spiro atoms. The number of carbonyl (C=O) groups excluding carboxylic acids is 2. The third-order valence-corrected chi connectivity index (χ3v) is 4.75. The molecule has 2 amide bonds. The lowest BCUT2D eigenvalue weighted by atomic mass is 10.1. The first-order chi connectivity index (χ1) is 14.8. The van der Waals surface area contributed by atoms with Crippen molar-refractivity contribution in [3.05, 3.63) is 58.6 Å². The van der Waals surface area contributed by atoms with Gasteiger partial charge in [0.2, 0.25) is 0 Å². The van der Waals surface area contributed by atoms with Gasteiger partial charge < -0.3 is 9.47 Å². The summed E-state index contributed by atoms with van der Waals surface area (Å²) in [7, 11) is 0. The van der Waals surface area contributed by atoms with E-state index in [1.807, 2.05) is 6.92 Å². The minimum Gasteiger partial charge on any atom is -0.493 e. The van der Waals surface area contributed by atoms with E-state index >= 15 is 0 Å². The second-order valence-electron chi connectivity index (χ2n) is 7.18. The molecule has 166 valence electrons. The number of hydrogen-bond donors (Lipinski definition) is 3. The van der Waals surface area contributed by atoms with Gasteiger partial charge in [0.1, 0.15) is 11.5 Å². The molecule has 0 aliphatic rings. The van der Waals surface area contributed by atoms with Crippen LogP contribution in [0.1, 0.15) is 36.2 Å². The zero-order valence-corrected chi connectivity index (χ0v) is 19.2. The number of nitrogens with one attached hydrogen (secondary N) is 3. The molecule has 7 nitrogen and oxygen atoms in total. The highest BCUT2D eigenvalue weighted by atomic mass is 35.5. The first-order valence-corrected chi connectivity index (χ1v) is 10.6. The van der Waals surface area contributed by atoms with Gasteiger partial charge in [-0.25, -0.2) is 0 Å². The number of hydrogen-bond acceptors (Lipinski definition) is 5. The van der Waals surface area contributed by atoms with Crippen molar-refractivity contribution in [1.82, 2.24) is 16.2 Å². The first-order valence-electron chi connectivity index (χ1n) is 9.77. The summed E-state index contributed by atoms with van der Waals surface area (Å²) in [6.45, 7) is 6.31. The van der Waals surface area contributed by atoms with Crippen LogP contribution in [-0.2, 0) is 4.79 Å². The van der Waals surface area contributed by atoms with Gasteiger partial charge >= 0.3 is 0 Å². The molecule has 0 atom stereocenters. The molecule has 0 bridgehead atoms. The average Bonchev–Trinajstić information content (AvgIpc) is 2.73. The summed E-state index contributed by atoms with van der Waals surface area (Å²) in [5.41, 5.74) is 6.04. The Balaban J connectivity index is 1.79. The molecule has 0 aliphatic carbocycles. The molecule has 0 aliphatic heterocycles. The molecule has 0 aromatic heterocycles. The Bertz CT molecular complexity index is 937. The predicted octanol–water partition coefficient (Wildman–Crippen LogP) is 3.79. The van der Waals surface area contributed by atoms with Crippen molar-refractivity contribution in [2.45, 2.75) is 27.2 Å². The number of amides is 2. The van der Waals surface area contributed by atoms with Gasteiger partial charge in [0.05, 0.1) is 12.2 Å². The van der Waals surface area contributed by atoms with Crippen LogP contribution in [0.3, 0.4) is 0 Å². The Morgan fingerprint density at radius 1 is 1.10 bits per heavy atom. The van der Waals surface area contributed by atoms with Gasteiger partial charge in [-0.15, -0.1) is 0 Å². The smallest absolute Gasteiger partial charge is 0.276 e. The maximum atomic E-state index is 12.5. The number of rotatable bonds is 8. The summed E-state index contributed by atoms with van der Waals surface area (Å²) >= 11 is 11.0. The zero-order valence-electron chi connectivity index (χ0n) is 17.7. The van der Waals surface area contributed by atoms with Crippen LogP contribution in [0.15, 0.2) is 42.5 Å². The van der Waals surface area contributed by atoms with Crippen molar-refractivity contribution < 1.29 is 19.1 Å². The highest BCUT2D eigenvalue weighted by Gasteiger charge is 2.14. The number of aryl methyl sites for hydroxylation is 1. The lowest BCUT2D eigenvalue weighted by molar-refractivity contribution is -0.123. The molecule has 2 aromatic rings. The van der Waals surface area contributed by atoms with Crippen LogP contribution in [0, 0.1) is 12.8 Å². The normalized spacial score (nSPS) is 10.4. The van der Waals surface area contributed by atoms with E-state index in [0.717, 1.165) is 12.0 Å². The summed E-state index contributed by atoms with van der Waals surface area (Å²) in [6, 6.07) is 12.0. The number of carbonyl (C=O) groups is 2. The highest BCUT2D eigenvalue weighted by Crippen LogP contribution is 2.21. The van der Waals surface area contributed by atoms with E-state index in [0.29, 0.717) is 34.6 Å². The molecule has 3 N–H and O–H groups in total. The third kappa shape index (κ3) is 8.43. The van der Waals surface area contributed by atoms with Gasteiger partial charge in [0.25, 0.3) is 11.8 Å². The van der Waals surface area contributed by atoms with E-state index in [1.165, 1.54) is 0 Å². The summed E-state index contributed by atoms with van der Waals surface area (Å²) in [4.78, 5) is 24.5. The Labute approximate surface area is 192 Å². The Hall–Kier alpha value is -2.84. The molecule has 0 unspecified atom stereocenters. The number of thiocarbonyl (C=S) groups is 1. The summed E-state index contributed by atoms with van der Waals surface area (Å²) in [5, 5.41) is 3.07. The molecule has 0 saturated heterocycles. The molecule has 2 aromatic carbocycles. The Morgan fingerprint density at radius 3 is 2.55 bits per heavy atom. The van der Waals surface area contributed by atoms with Gasteiger partial charge in [-0.05, 0) is 67.4 Å². The summed E-state index contributed by atoms with van der Waals surface area (Å²) < 4.78 is 11.1. The molecule has 0 radical (unpaired) electrons. The van der Waals surface area contributed by atoms with Crippen molar-refractivity contribution in [3.8, 4) is 11.5 Å². The molecule has 0 saturated carbocycles. The second kappa shape index (κ2) is 12.1. The fourth-order valence-electron chi connectivity index (χ4n) is 2.40. The van der Waals surface area contributed by atoms with E-state index in [-0.39, 0.29) is 11.7 Å². The Kier molecular flexibility index (Phi) is 9.55. The lowest BCUT2D eigenvalue weighted by Gasteiger charge is -2.14. The third-order valence-electron chi connectivity index (χ3n) is 4.13. The molecule has 0 fully saturated rings. The van der Waals surface area contributed by atoms with Crippen LogP contribution in [0.2, 0.25) is 5.02 Å².